The largest absolute Gasteiger partial charge is 0.513 e. The van der Waals surface area contributed by atoms with Crippen LogP contribution in [0.25, 0.3) is 0 Å². The van der Waals surface area contributed by atoms with E-state index in [1.165, 1.54) is 18.2 Å². The third-order valence-corrected chi connectivity index (χ3v) is 3.13. The van der Waals surface area contributed by atoms with E-state index in [2.05, 4.69) is 0 Å². The van der Waals surface area contributed by atoms with Crippen LogP contribution in [0.5, 0.6) is 5.75 Å². The second-order valence-corrected chi connectivity index (χ2v) is 4.65. The summed E-state index contributed by atoms with van der Waals surface area (Å²) in [4.78, 5) is 0. The van der Waals surface area contributed by atoms with Crippen LogP contribution in [-0.4, -0.2) is 6.98 Å². The van der Waals surface area contributed by atoms with Crippen molar-refractivity contribution in [2.75, 3.05) is 0 Å². The summed E-state index contributed by atoms with van der Waals surface area (Å²) in [5.41, 5.74) is 1.33. The monoisotopic (exact) mass is 290 g/mol. The zero-order valence-corrected chi connectivity index (χ0v) is 11.3. The second kappa shape index (κ2) is 5.92. The molecule has 0 spiro atoms. The van der Waals surface area contributed by atoms with Crippen LogP contribution in [0.3, 0.4) is 0 Å². The summed E-state index contributed by atoms with van der Waals surface area (Å²) in [6.45, 7) is -3.29. The van der Waals surface area contributed by atoms with Gasteiger partial charge in [-0.05, 0) is 36.2 Å². The highest BCUT2D eigenvalue weighted by molar-refractivity contribution is 6.74. The van der Waals surface area contributed by atoms with E-state index in [-0.39, 0.29) is 12.4 Å². The minimum atomic E-state index is -5.11. The zero-order chi connectivity index (χ0) is 15.5. The van der Waals surface area contributed by atoms with Gasteiger partial charge in [0.05, 0.1) is 17.4 Å². The summed E-state index contributed by atoms with van der Waals surface area (Å²) >= 11 is 0. The standard InChI is InChI=1S/C15H12BF3NO/c1-11-8-12(9-20)6-7-13(11)10-21-15-5-3-2-4-14(15)16(17,18)19/h2-8H,10H2,1H3/q-1. The topological polar surface area (TPSA) is 33.0 Å². The zero-order valence-electron chi connectivity index (χ0n) is 11.3. The first-order chi connectivity index (χ1) is 9.91. The van der Waals surface area contributed by atoms with Gasteiger partial charge in [0, 0.05) is 0 Å². The molecule has 0 atom stereocenters. The van der Waals surface area contributed by atoms with Gasteiger partial charge in [0.15, 0.2) is 0 Å². The fraction of sp³-hybridized carbons (Fsp3) is 0.133. The lowest BCUT2D eigenvalue weighted by Gasteiger charge is -2.20. The van der Waals surface area contributed by atoms with Crippen molar-refractivity contribution in [3.63, 3.8) is 0 Å². The molecule has 0 saturated carbocycles. The lowest BCUT2D eigenvalue weighted by molar-refractivity contribution is 0.306. The number of halogens is 3. The van der Waals surface area contributed by atoms with Crippen molar-refractivity contribution >= 4 is 12.4 Å². The molecule has 21 heavy (non-hydrogen) atoms. The lowest BCUT2D eigenvalue weighted by atomic mass is 9.79. The van der Waals surface area contributed by atoms with Crippen LogP contribution in [-0.2, 0) is 6.61 Å². The Balaban J connectivity index is 2.20. The Morgan fingerprint density at radius 3 is 2.48 bits per heavy atom. The molecule has 0 fully saturated rings. The van der Waals surface area contributed by atoms with Crippen molar-refractivity contribution in [3.05, 3.63) is 59.2 Å². The van der Waals surface area contributed by atoms with E-state index in [1.54, 1.807) is 25.1 Å². The van der Waals surface area contributed by atoms with Gasteiger partial charge in [0.2, 0.25) is 0 Å². The first-order valence-corrected chi connectivity index (χ1v) is 6.33. The quantitative estimate of drug-likeness (QED) is 0.807. The van der Waals surface area contributed by atoms with Crippen LogP contribution in [0.1, 0.15) is 16.7 Å². The van der Waals surface area contributed by atoms with Crippen molar-refractivity contribution in [2.45, 2.75) is 13.5 Å². The highest BCUT2D eigenvalue weighted by atomic mass is 19.4. The average Bonchev–Trinajstić information content (AvgIpc) is 2.45. The number of hydrogen-bond donors (Lipinski definition) is 0. The highest BCUT2D eigenvalue weighted by Gasteiger charge is 2.28. The number of nitriles is 1. The number of aryl methyl sites for hydroxylation is 1. The number of rotatable bonds is 4. The number of benzene rings is 2. The van der Waals surface area contributed by atoms with E-state index in [0.29, 0.717) is 5.56 Å². The summed E-state index contributed by atoms with van der Waals surface area (Å²) < 4.78 is 44.0. The van der Waals surface area contributed by atoms with Crippen LogP contribution < -0.4 is 10.2 Å². The molecule has 0 heterocycles. The number of para-hydroxylation sites is 1. The van der Waals surface area contributed by atoms with Gasteiger partial charge < -0.3 is 17.7 Å². The maximum Gasteiger partial charge on any atom is 0.513 e. The fourth-order valence-corrected chi connectivity index (χ4v) is 1.97. The molecule has 0 amide bonds. The molecule has 2 aromatic rings. The molecule has 2 aromatic carbocycles. The molecule has 6 heteroatoms. The molecule has 2 nitrogen and oxygen atoms in total. The Morgan fingerprint density at radius 2 is 1.86 bits per heavy atom. The average molecular weight is 290 g/mol. The summed E-state index contributed by atoms with van der Waals surface area (Å²) in [7, 11) is 0. The Kier molecular flexibility index (Phi) is 4.22. The molecule has 0 aromatic heterocycles. The Bertz CT molecular complexity index is 692. The first kappa shape index (κ1) is 15.0. The molecule has 0 radical (unpaired) electrons. The van der Waals surface area contributed by atoms with Gasteiger partial charge in [0.25, 0.3) is 0 Å². The molecule has 0 unspecified atom stereocenters. The van der Waals surface area contributed by atoms with Crippen LogP contribution in [0, 0.1) is 18.3 Å². The summed E-state index contributed by atoms with van der Waals surface area (Å²) in [5, 5.41) is 8.78. The molecule has 108 valence electrons. The van der Waals surface area contributed by atoms with Crippen LogP contribution in [0.4, 0.5) is 12.9 Å². The van der Waals surface area contributed by atoms with Crippen LogP contribution in [0.15, 0.2) is 42.5 Å². The van der Waals surface area contributed by atoms with Crippen molar-refractivity contribution in [2.24, 2.45) is 0 Å². The van der Waals surface area contributed by atoms with Gasteiger partial charge in [-0.3, -0.25) is 0 Å². The highest BCUT2D eigenvalue weighted by Crippen LogP contribution is 2.19. The van der Waals surface area contributed by atoms with Gasteiger partial charge >= 0.3 is 6.98 Å². The minimum Gasteiger partial charge on any atom is -0.492 e. The number of hydrogen-bond acceptors (Lipinski definition) is 2. The maximum absolute atomic E-state index is 12.9. The SMILES string of the molecule is Cc1cc(C#N)ccc1COc1ccccc1[B-](F)(F)F. The third kappa shape index (κ3) is 3.57. The molecule has 0 aliphatic carbocycles. The van der Waals surface area contributed by atoms with E-state index in [1.807, 2.05) is 6.07 Å². The van der Waals surface area contributed by atoms with Crippen molar-refractivity contribution in [1.29, 1.82) is 5.26 Å². The van der Waals surface area contributed by atoms with E-state index in [9.17, 15) is 12.9 Å². The van der Waals surface area contributed by atoms with Gasteiger partial charge in [-0.1, -0.05) is 29.7 Å². The summed E-state index contributed by atoms with van der Waals surface area (Å²) in [5.74, 6) is -0.172. The maximum atomic E-state index is 12.9. The minimum absolute atomic E-state index is 0.0285. The molecule has 2 rings (SSSR count). The normalized spacial score (nSPS) is 11.0. The van der Waals surface area contributed by atoms with E-state index < -0.39 is 12.4 Å². The van der Waals surface area contributed by atoms with Gasteiger partial charge in [0.1, 0.15) is 6.61 Å². The molecular weight excluding hydrogens is 278 g/mol. The van der Waals surface area contributed by atoms with E-state index in [4.69, 9.17) is 10.00 Å². The Labute approximate surface area is 120 Å². The molecule has 0 bridgehead atoms. The Hall–Kier alpha value is -2.42. The third-order valence-electron chi connectivity index (χ3n) is 3.13. The van der Waals surface area contributed by atoms with Crippen molar-refractivity contribution in [3.8, 4) is 11.8 Å². The summed E-state index contributed by atoms with van der Waals surface area (Å²) in [6.07, 6.45) is 0. The van der Waals surface area contributed by atoms with Crippen molar-refractivity contribution in [1.82, 2.24) is 0 Å². The van der Waals surface area contributed by atoms with Gasteiger partial charge in [-0.15, -0.1) is 0 Å². The Morgan fingerprint density at radius 1 is 1.14 bits per heavy atom. The van der Waals surface area contributed by atoms with Gasteiger partial charge in [-0.2, -0.15) is 5.26 Å². The molecule has 0 aliphatic heterocycles. The molecule has 0 N–H and O–H groups in total. The number of nitrogens with zero attached hydrogens (tertiary/aromatic N) is 1. The van der Waals surface area contributed by atoms with E-state index in [0.717, 1.165) is 17.2 Å². The van der Waals surface area contributed by atoms with Crippen LogP contribution >= 0.6 is 0 Å². The van der Waals surface area contributed by atoms with E-state index >= 15 is 0 Å². The first-order valence-electron chi connectivity index (χ1n) is 6.33. The predicted octanol–water partition coefficient (Wildman–Crippen LogP) is 3.50. The summed E-state index contributed by atoms with van der Waals surface area (Å²) in [6, 6.07) is 12.2. The molecular formula is C15H12BF3NO-. The predicted molar refractivity (Wildman–Crippen MR) is 75.4 cm³/mol. The smallest absolute Gasteiger partial charge is 0.492 e. The lowest BCUT2D eigenvalue weighted by Crippen LogP contribution is -2.35. The molecule has 0 saturated heterocycles. The van der Waals surface area contributed by atoms with Crippen LogP contribution in [0.2, 0.25) is 0 Å². The van der Waals surface area contributed by atoms with Crippen molar-refractivity contribution < 1.29 is 17.7 Å². The molecule has 0 aliphatic rings. The fourth-order valence-electron chi connectivity index (χ4n) is 1.97. The number of ether oxygens (including phenoxy) is 1. The van der Waals surface area contributed by atoms with Gasteiger partial charge in [-0.25, -0.2) is 0 Å². The second-order valence-electron chi connectivity index (χ2n) is 4.65.